The monoisotopic (exact) mass is 375 g/mol. The Bertz CT molecular complexity index is 597. The lowest BCUT2D eigenvalue weighted by Crippen LogP contribution is -2.23. The van der Waals surface area contributed by atoms with Gasteiger partial charge in [-0.2, -0.15) is 0 Å². The number of nitrogens with one attached hydrogen (secondary N) is 1. The molecule has 1 N–H and O–H groups in total. The average Bonchev–Trinajstić information content (AvgIpc) is 2.35. The molecule has 6 heteroatoms. The Balaban J connectivity index is 2.22. The van der Waals surface area contributed by atoms with Gasteiger partial charge in [0.2, 0.25) is 0 Å². The zero-order valence-corrected chi connectivity index (χ0v) is 12.6. The van der Waals surface area contributed by atoms with Crippen molar-refractivity contribution in [3.8, 4) is 0 Å². The molecule has 0 radical (unpaired) electrons. The molecule has 1 aromatic heterocycles. The molecule has 0 aliphatic rings. The molecule has 0 spiro atoms. The Labute approximate surface area is 123 Å². The molecule has 2 rings (SSSR count). The number of hydrogen-bond donors (Lipinski definition) is 1. The Morgan fingerprint density at radius 2 is 2.06 bits per heavy atom. The molecule has 0 unspecified atom stereocenters. The van der Waals surface area contributed by atoms with Crippen LogP contribution in [0.5, 0.6) is 0 Å². The van der Waals surface area contributed by atoms with Crippen molar-refractivity contribution in [2.24, 2.45) is 0 Å². The van der Waals surface area contributed by atoms with Crippen molar-refractivity contribution in [2.75, 3.05) is 11.9 Å². The van der Waals surface area contributed by atoms with Crippen molar-refractivity contribution in [2.45, 2.75) is 6.54 Å². The number of aromatic amines is 1. The molecule has 18 heavy (non-hydrogen) atoms. The van der Waals surface area contributed by atoms with Crippen LogP contribution >= 0.6 is 34.2 Å². The minimum atomic E-state index is -0.122. The summed E-state index contributed by atoms with van der Waals surface area (Å²) in [7, 11) is 1.90. The van der Waals surface area contributed by atoms with E-state index in [0.29, 0.717) is 21.0 Å². The summed E-state index contributed by atoms with van der Waals surface area (Å²) in [5, 5.41) is 0.713. The summed E-state index contributed by atoms with van der Waals surface area (Å²) in [4.78, 5) is 20.2. The number of H-pyrrole nitrogens is 1. The highest BCUT2D eigenvalue weighted by molar-refractivity contribution is 14.1. The Morgan fingerprint density at radius 1 is 1.39 bits per heavy atom. The van der Waals surface area contributed by atoms with Crippen LogP contribution in [0.2, 0.25) is 5.02 Å². The van der Waals surface area contributed by atoms with Crippen LogP contribution in [0.25, 0.3) is 0 Å². The lowest BCUT2D eigenvalue weighted by molar-refractivity contribution is 0.880. The first kappa shape index (κ1) is 13.4. The van der Waals surface area contributed by atoms with E-state index in [1.807, 2.05) is 58.8 Å². The zero-order chi connectivity index (χ0) is 13.1. The van der Waals surface area contributed by atoms with Gasteiger partial charge in [0.15, 0.2) is 0 Å². The van der Waals surface area contributed by atoms with Gasteiger partial charge in [0.1, 0.15) is 9.39 Å². The van der Waals surface area contributed by atoms with Crippen LogP contribution in [0.15, 0.2) is 35.4 Å². The van der Waals surface area contributed by atoms with Crippen molar-refractivity contribution < 1.29 is 0 Å². The van der Waals surface area contributed by atoms with Crippen LogP contribution in [-0.4, -0.2) is 17.0 Å². The van der Waals surface area contributed by atoms with Gasteiger partial charge >= 0.3 is 0 Å². The predicted octanol–water partition coefficient (Wildman–Crippen LogP) is 2.66. The van der Waals surface area contributed by atoms with Gasteiger partial charge in [0, 0.05) is 18.6 Å². The molecule has 0 bridgehead atoms. The van der Waals surface area contributed by atoms with E-state index in [1.165, 1.54) is 6.33 Å². The highest BCUT2D eigenvalue weighted by Gasteiger charge is 2.10. The molecule has 0 amide bonds. The number of halogens is 2. The molecular weight excluding hydrogens is 365 g/mol. The third kappa shape index (κ3) is 3.02. The number of benzene rings is 1. The van der Waals surface area contributed by atoms with Gasteiger partial charge < -0.3 is 9.88 Å². The predicted molar refractivity (Wildman–Crippen MR) is 81.1 cm³/mol. The van der Waals surface area contributed by atoms with E-state index in [2.05, 4.69) is 9.97 Å². The van der Waals surface area contributed by atoms with Crippen molar-refractivity contribution in [1.82, 2.24) is 9.97 Å². The lowest BCUT2D eigenvalue weighted by Gasteiger charge is -2.18. The summed E-state index contributed by atoms with van der Waals surface area (Å²) >= 11 is 7.84. The van der Waals surface area contributed by atoms with Crippen molar-refractivity contribution in [3.05, 3.63) is 55.1 Å². The van der Waals surface area contributed by atoms with Gasteiger partial charge in [-0.25, -0.2) is 4.98 Å². The van der Waals surface area contributed by atoms with Gasteiger partial charge in [0.25, 0.3) is 5.56 Å². The van der Waals surface area contributed by atoms with Crippen LogP contribution in [0.3, 0.4) is 0 Å². The first-order valence-corrected chi connectivity index (χ1v) is 6.72. The number of hydrogen-bond acceptors (Lipinski definition) is 3. The van der Waals surface area contributed by atoms with Crippen molar-refractivity contribution in [1.29, 1.82) is 0 Å². The first-order chi connectivity index (χ1) is 8.58. The molecule has 0 aliphatic carbocycles. The highest BCUT2D eigenvalue weighted by atomic mass is 127. The fourth-order valence-electron chi connectivity index (χ4n) is 1.58. The minimum absolute atomic E-state index is 0.122. The number of aromatic nitrogens is 2. The second-order valence-electron chi connectivity index (χ2n) is 3.85. The standard InChI is InChI=1S/C12H11ClIN3O/c1-17(6-8-2-4-9(13)5-3-8)11-10(14)12(18)16-7-15-11/h2-5,7H,6H2,1H3,(H,15,16,18). The molecule has 94 valence electrons. The van der Waals surface area contributed by atoms with Gasteiger partial charge in [-0.05, 0) is 40.3 Å². The van der Waals surface area contributed by atoms with Crippen LogP contribution < -0.4 is 10.5 Å². The molecule has 1 aromatic carbocycles. The minimum Gasteiger partial charge on any atom is -0.354 e. The first-order valence-electron chi connectivity index (χ1n) is 5.26. The van der Waals surface area contributed by atoms with E-state index in [1.54, 1.807) is 0 Å². The highest BCUT2D eigenvalue weighted by Crippen LogP contribution is 2.17. The molecule has 4 nitrogen and oxygen atoms in total. The Hall–Kier alpha value is -1.08. The van der Waals surface area contributed by atoms with Gasteiger partial charge in [0.05, 0.1) is 6.33 Å². The van der Waals surface area contributed by atoms with E-state index in [0.717, 1.165) is 5.56 Å². The quantitative estimate of drug-likeness (QED) is 0.839. The summed E-state index contributed by atoms with van der Waals surface area (Å²) in [5.41, 5.74) is 0.989. The number of nitrogens with zero attached hydrogens (tertiary/aromatic N) is 2. The average molecular weight is 376 g/mol. The van der Waals surface area contributed by atoms with E-state index in [9.17, 15) is 4.79 Å². The molecule has 0 fully saturated rings. The largest absolute Gasteiger partial charge is 0.354 e. The fraction of sp³-hybridized carbons (Fsp3) is 0.167. The molecular formula is C12H11ClIN3O. The van der Waals surface area contributed by atoms with E-state index in [-0.39, 0.29) is 5.56 Å². The topological polar surface area (TPSA) is 49.0 Å². The Kier molecular flexibility index (Phi) is 4.23. The lowest BCUT2D eigenvalue weighted by atomic mass is 10.2. The number of rotatable bonds is 3. The zero-order valence-electron chi connectivity index (χ0n) is 9.65. The maximum atomic E-state index is 11.5. The third-order valence-electron chi connectivity index (χ3n) is 2.47. The van der Waals surface area contributed by atoms with Crippen LogP contribution in [0, 0.1) is 3.57 Å². The summed E-state index contributed by atoms with van der Waals surface area (Å²) in [6.45, 7) is 0.670. The van der Waals surface area contributed by atoms with Gasteiger partial charge in [-0.3, -0.25) is 4.79 Å². The molecule has 1 heterocycles. The van der Waals surface area contributed by atoms with E-state index in [4.69, 9.17) is 11.6 Å². The molecule has 0 aliphatic heterocycles. The fourth-order valence-corrected chi connectivity index (χ4v) is 2.41. The molecule has 0 saturated carbocycles. The van der Waals surface area contributed by atoms with E-state index >= 15 is 0 Å². The van der Waals surface area contributed by atoms with Gasteiger partial charge in [-0.15, -0.1) is 0 Å². The molecule has 0 atom stereocenters. The molecule has 2 aromatic rings. The number of anilines is 1. The van der Waals surface area contributed by atoms with Crippen molar-refractivity contribution >= 4 is 40.0 Å². The van der Waals surface area contributed by atoms with Crippen LogP contribution in [-0.2, 0) is 6.54 Å². The summed E-state index contributed by atoms with van der Waals surface area (Å²) in [5.74, 6) is 0.675. The third-order valence-corrected chi connectivity index (χ3v) is 3.70. The van der Waals surface area contributed by atoms with Crippen LogP contribution in [0.1, 0.15) is 5.56 Å². The Morgan fingerprint density at radius 3 is 2.72 bits per heavy atom. The summed E-state index contributed by atoms with van der Waals surface area (Å²) < 4.78 is 0.589. The van der Waals surface area contributed by atoms with Gasteiger partial charge in [-0.1, -0.05) is 23.7 Å². The van der Waals surface area contributed by atoms with Crippen LogP contribution in [0.4, 0.5) is 5.82 Å². The molecule has 0 saturated heterocycles. The van der Waals surface area contributed by atoms with E-state index < -0.39 is 0 Å². The normalized spacial score (nSPS) is 10.4. The maximum absolute atomic E-state index is 11.5. The summed E-state index contributed by atoms with van der Waals surface area (Å²) in [6, 6.07) is 7.61. The maximum Gasteiger partial charge on any atom is 0.266 e. The smallest absolute Gasteiger partial charge is 0.266 e. The second-order valence-corrected chi connectivity index (χ2v) is 5.37. The summed E-state index contributed by atoms with van der Waals surface area (Å²) in [6.07, 6.45) is 1.41. The van der Waals surface area contributed by atoms with Crippen molar-refractivity contribution in [3.63, 3.8) is 0 Å². The SMILES string of the molecule is CN(Cc1ccc(Cl)cc1)c1nc[nH]c(=O)c1I. The second kappa shape index (κ2) is 5.71.